The van der Waals surface area contributed by atoms with Gasteiger partial charge in [-0.15, -0.1) is 0 Å². The van der Waals surface area contributed by atoms with Crippen LogP contribution in [0.2, 0.25) is 0 Å². The fraction of sp³-hybridized carbons (Fsp3) is 0.429. The molecule has 5 heteroatoms. The lowest BCUT2D eigenvalue weighted by atomic mass is 9.80. The number of hydrogen-bond acceptors (Lipinski definition) is 5. The molecule has 0 aliphatic heterocycles. The molecule has 0 radical (unpaired) electrons. The average molecular weight is 467 g/mol. The summed E-state index contributed by atoms with van der Waals surface area (Å²) >= 11 is 1.66. The molecule has 1 heterocycles. The summed E-state index contributed by atoms with van der Waals surface area (Å²) in [6.07, 6.45) is 5.41. The molecule has 0 aliphatic rings. The molecule has 0 saturated heterocycles. The largest absolute Gasteiger partial charge is 0.494 e. The highest BCUT2D eigenvalue weighted by atomic mass is 32.1. The van der Waals surface area contributed by atoms with E-state index in [2.05, 4.69) is 34.7 Å². The molecule has 0 N–H and O–H groups in total. The minimum atomic E-state index is -1.20. The summed E-state index contributed by atoms with van der Waals surface area (Å²) in [5, 5.41) is 4.16. The molecule has 33 heavy (non-hydrogen) atoms. The Balaban J connectivity index is 1.85. The molecule has 1 aromatic carbocycles. The minimum Gasteiger partial charge on any atom is -0.494 e. The Kier molecular flexibility index (Phi) is 9.94. The quantitative estimate of drug-likeness (QED) is 0.160. The molecule has 1 aromatic heterocycles. The maximum absolute atomic E-state index is 12.9. The third-order valence-corrected chi connectivity index (χ3v) is 5.86. The molecule has 0 amide bonds. The highest BCUT2D eigenvalue weighted by Crippen LogP contribution is 2.28. The number of esters is 1. The molecule has 1 atom stereocenters. The number of thiophene rings is 1. The van der Waals surface area contributed by atoms with E-state index in [1.54, 1.807) is 30.4 Å². The summed E-state index contributed by atoms with van der Waals surface area (Å²) in [5.74, 6) is 6.25. The van der Waals surface area contributed by atoms with Crippen LogP contribution in [-0.4, -0.2) is 25.5 Å². The van der Waals surface area contributed by atoms with Gasteiger partial charge in [0.2, 0.25) is 0 Å². The van der Waals surface area contributed by atoms with Crippen molar-refractivity contribution in [3.63, 3.8) is 0 Å². The van der Waals surface area contributed by atoms with Crippen LogP contribution in [0.4, 0.5) is 0 Å². The standard InChI is InChI=1S/C28H34O4S/c1-27(2,3)16-8-6-9-17-28(4,26(30)31-5)25(29)14-7-10-18-32-24-13-11-12-22(20-24)23-15-19-33-21-23/h6,9,11-13,15,19-21H,7,10,14,17-18H2,1-5H3/b9-6+. The maximum Gasteiger partial charge on any atom is 0.319 e. The SMILES string of the molecule is COC(=O)C(C)(C/C=C/C#CC(C)(C)C)C(=O)CCCCOc1cccc(-c2ccsc2)c1. The Morgan fingerprint density at radius 2 is 1.88 bits per heavy atom. The lowest BCUT2D eigenvalue weighted by Gasteiger charge is -2.23. The van der Waals surface area contributed by atoms with Gasteiger partial charge in [-0.05, 0) is 93.1 Å². The van der Waals surface area contributed by atoms with Gasteiger partial charge in [0.05, 0.1) is 13.7 Å². The smallest absolute Gasteiger partial charge is 0.319 e. The molecule has 1 unspecified atom stereocenters. The number of ketones is 1. The van der Waals surface area contributed by atoms with E-state index in [4.69, 9.17) is 9.47 Å². The number of unbranched alkanes of at least 4 members (excludes halogenated alkanes) is 1. The van der Waals surface area contributed by atoms with Crippen molar-refractivity contribution in [1.29, 1.82) is 0 Å². The molecule has 0 bridgehead atoms. The van der Waals surface area contributed by atoms with Crippen LogP contribution in [0.5, 0.6) is 5.75 Å². The van der Waals surface area contributed by atoms with Crippen LogP contribution >= 0.6 is 11.3 Å². The zero-order valence-electron chi connectivity index (χ0n) is 20.3. The minimum absolute atomic E-state index is 0.0981. The summed E-state index contributed by atoms with van der Waals surface area (Å²) in [6.45, 7) is 8.24. The first-order chi connectivity index (χ1) is 15.7. The monoisotopic (exact) mass is 466 g/mol. The molecule has 0 spiro atoms. The lowest BCUT2D eigenvalue weighted by molar-refractivity contribution is -0.156. The molecule has 0 aliphatic carbocycles. The number of hydrogen-bond donors (Lipinski definition) is 0. The van der Waals surface area contributed by atoms with Gasteiger partial charge >= 0.3 is 5.97 Å². The average Bonchev–Trinajstić information content (AvgIpc) is 3.32. The summed E-state index contributed by atoms with van der Waals surface area (Å²) in [6, 6.07) is 10.1. The Hall–Kier alpha value is -2.84. The molecule has 0 saturated carbocycles. The van der Waals surface area contributed by atoms with E-state index in [1.165, 1.54) is 12.7 Å². The number of rotatable bonds is 11. The van der Waals surface area contributed by atoms with Crippen LogP contribution in [0.15, 0.2) is 53.2 Å². The van der Waals surface area contributed by atoms with E-state index >= 15 is 0 Å². The van der Waals surface area contributed by atoms with Gasteiger partial charge in [0.1, 0.15) is 16.9 Å². The zero-order valence-corrected chi connectivity index (χ0v) is 21.1. The number of allylic oxidation sites excluding steroid dienone is 2. The number of Topliss-reactive ketones (excluding diaryl/α,β-unsaturated/α-hetero) is 1. The highest BCUT2D eigenvalue weighted by molar-refractivity contribution is 7.08. The maximum atomic E-state index is 12.9. The Labute approximate surface area is 202 Å². The van der Waals surface area contributed by atoms with Crippen LogP contribution in [0.3, 0.4) is 0 Å². The van der Waals surface area contributed by atoms with Crippen molar-refractivity contribution in [1.82, 2.24) is 0 Å². The predicted molar refractivity (Wildman–Crippen MR) is 135 cm³/mol. The van der Waals surface area contributed by atoms with Crippen molar-refractivity contribution in [3.8, 4) is 28.7 Å². The number of methoxy groups -OCH3 is 1. The highest BCUT2D eigenvalue weighted by Gasteiger charge is 2.40. The third-order valence-electron chi connectivity index (χ3n) is 5.18. The zero-order chi connectivity index (χ0) is 24.3. The van der Waals surface area contributed by atoms with Crippen LogP contribution in [0.1, 0.15) is 53.4 Å². The van der Waals surface area contributed by atoms with Crippen molar-refractivity contribution < 1.29 is 19.1 Å². The van der Waals surface area contributed by atoms with Crippen LogP contribution in [0.25, 0.3) is 11.1 Å². The van der Waals surface area contributed by atoms with E-state index < -0.39 is 11.4 Å². The topological polar surface area (TPSA) is 52.6 Å². The first-order valence-corrected chi connectivity index (χ1v) is 12.1. The van der Waals surface area contributed by atoms with Gasteiger partial charge in [-0.3, -0.25) is 9.59 Å². The van der Waals surface area contributed by atoms with Crippen molar-refractivity contribution in [2.24, 2.45) is 10.8 Å². The molecule has 0 fully saturated rings. The van der Waals surface area contributed by atoms with E-state index in [-0.39, 0.29) is 17.6 Å². The van der Waals surface area contributed by atoms with Crippen LogP contribution in [0, 0.1) is 22.7 Å². The van der Waals surface area contributed by atoms with Gasteiger partial charge in [-0.25, -0.2) is 0 Å². The van der Waals surface area contributed by atoms with Crippen molar-refractivity contribution >= 4 is 23.1 Å². The second-order valence-corrected chi connectivity index (χ2v) is 10.00. The first-order valence-electron chi connectivity index (χ1n) is 11.2. The number of carbonyl (C=O) groups is 2. The van der Waals surface area contributed by atoms with Gasteiger partial charge in [0.25, 0.3) is 0 Å². The molecule has 4 nitrogen and oxygen atoms in total. The number of ether oxygens (including phenoxy) is 2. The number of carbonyl (C=O) groups excluding carboxylic acids is 2. The van der Waals surface area contributed by atoms with Gasteiger partial charge in [0.15, 0.2) is 0 Å². The van der Waals surface area contributed by atoms with Crippen LogP contribution < -0.4 is 4.74 Å². The molecular formula is C28H34O4S. The second-order valence-electron chi connectivity index (χ2n) is 9.22. The predicted octanol–water partition coefficient (Wildman–Crippen LogP) is 6.71. The molecule has 176 valence electrons. The Bertz CT molecular complexity index is 1000. The molecular weight excluding hydrogens is 432 g/mol. The van der Waals surface area contributed by atoms with Crippen molar-refractivity contribution in [3.05, 3.63) is 53.2 Å². The molecule has 2 aromatic rings. The normalized spacial score (nSPS) is 13.1. The van der Waals surface area contributed by atoms with Gasteiger partial charge in [-0.1, -0.05) is 30.0 Å². The molecule has 2 rings (SSSR count). The van der Waals surface area contributed by atoms with E-state index in [1.807, 2.05) is 39.0 Å². The first kappa shape index (κ1) is 26.4. The van der Waals surface area contributed by atoms with E-state index in [9.17, 15) is 9.59 Å². The fourth-order valence-corrected chi connectivity index (χ4v) is 3.86. The summed E-state index contributed by atoms with van der Waals surface area (Å²) in [4.78, 5) is 25.3. The summed E-state index contributed by atoms with van der Waals surface area (Å²) in [5.41, 5.74) is 0.998. The lowest BCUT2D eigenvalue weighted by Crippen LogP contribution is -2.37. The van der Waals surface area contributed by atoms with E-state index in [0.29, 0.717) is 19.4 Å². The Morgan fingerprint density at radius 1 is 1.09 bits per heavy atom. The van der Waals surface area contributed by atoms with Gasteiger partial charge in [0, 0.05) is 11.8 Å². The van der Waals surface area contributed by atoms with Crippen LogP contribution in [-0.2, 0) is 14.3 Å². The van der Waals surface area contributed by atoms with E-state index in [0.717, 1.165) is 17.7 Å². The fourth-order valence-electron chi connectivity index (χ4n) is 3.20. The third kappa shape index (κ3) is 8.55. The van der Waals surface area contributed by atoms with Crippen molar-refractivity contribution in [2.75, 3.05) is 13.7 Å². The van der Waals surface area contributed by atoms with Gasteiger partial charge in [-0.2, -0.15) is 11.3 Å². The second kappa shape index (κ2) is 12.4. The Morgan fingerprint density at radius 3 is 2.55 bits per heavy atom. The van der Waals surface area contributed by atoms with Gasteiger partial charge < -0.3 is 9.47 Å². The summed E-state index contributed by atoms with van der Waals surface area (Å²) in [7, 11) is 1.31. The summed E-state index contributed by atoms with van der Waals surface area (Å²) < 4.78 is 10.8. The number of benzene rings is 1. The van der Waals surface area contributed by atoms with Crippen molar-refractivity contribution in [2.45, 2.75) is 53.4 Å².